The van der Waals surface area contributed by atoms with E-state index in [2.05, 4.69) is 34.4 Å². The molecule has 1 aliphatic rings. The molecule has 0 unspecified atom stereocenters. The van der Waals surface area contributed by atoms with Crippen LogP contribution in [0.3, 0.4) is 0 Å². The Labute approximate surface area is 103 Å². The predicted molar refractivity (Wildman–Crippen MR) is 71.2 cm³/mol. The normalized spacial score (nSPS) is 24.4. The Hall–Kier alpha value is -1.32. The first-order valence-corrected chi connectivity index (χ1v) is 6.60. The van der Waals surface area contributed by atoms with Gasteiger partial charge in [-0.25, -0.2) is 9.97 Å². The van der Waals surface area contributed by atoms with Gasteiger partial charge in [-0.2, -0.15) is 0 Å². The lowest BCUT2D eigenvalue weighted by atomic mass is 9.87. The Balaban J connectivity index is 1.91. The number of nitrogens with zero attached hydrogens (tertiary/aromatic N) is 2. The van der Waals surface area contributed by atoms with E-state index in [1.165, 1.54) is 25.7 Å². The number of nitrogens with one attached hydrogen (secondary N) is 2. The molecule has 2 rings (SSSR count). The number of rotatable bonds is 4. The lowest BCUT2D eigenvalue weighted by Gasteiger charge is -2.27. The fourth-order valence-electron chi connectivity index (χ4n) is 2.33. The highest BCUT2D eigenvalue weighted by atomic mass is 15.1. The Morgan fingerprint density at radius 1 is 1.18 bits per heavy atom. The van der Waals surface area contributed by atoms with Crippen LogP contribution in [0.15, 0.2) is 12.4 Å². The Morgan fingerprint density at radius 3 is 2.59 bits per heavy atom. The molecule has 0 saturated heterocycles. The molecule has 4 heteroatoms. The van der Waals surface area contributed by atoms with Crippen LogP contribution in [0, 0.1) is 5.92 Å². The molecule has 1 aromatic heterocycles. The maximum absolute atomic E-state index is 4.27. The summed E-state index contributed by atoms with van der Waals surface area (Å²) in [6.07, 6.45) is 6.76. The third-order valence-electron chi connectivity index (χ3n) is 3.39. The molecule has 1 aliphatic carbocycles. The number of hydrogen-bond acceptors (Lipinski definition) is 4. The van der Waals surface area contributed by atoms with Crippen LogP contribution in [0.5, 0.6) is 0 Å². The second-order valence-corrected chi connectivity index (χ2v) is 4.92. The van der Waals surface area contributed by atoms with Crippen molar-refractivity contribution in [3.63, 3.8) is 0 Å². The first-order valence-electron chi connectivity index (χ1n) is 6.60. The van der Waals surface area contributed by atoms with Gasteiger partial charge < -0.3 is 10.6 Å². The van der Waals surface area contributed by atoms with Gasteiger partial charge in [0.2, 0.25) is 0 Å². The van der Waals surface area contributed by atoms with Crippen LogP contribution in [-0.4, -0.2) is 22.6 Å². The molecule has 1 heterocycles. The van der Waals surface area contributed by atoms with E-state index in [-0.39, 0.29) is 0 Å². The lowest BCUT2D eigenvalue weighted by Crippen LogP contribution is -2.25. The molecule has 0 atom stereocenters. The molecule has 94 valence electrons. The van der Waals surface area contributed by atoms with Crippen molar-refractivity contribution in [2.75, 3.05) is 17.2 Å². The molecule has 1 aromatic rings. The molecule has 0 radical (unpaired) electrons. The van der Waals surface area contributed by atoms with Crippen LogP contribution >= 0.6 is 0 Å². The van der Waals surface area contributed by atoms with Gasteiger partial charge in [0.05, 0.1) is 0 Å². The van der Waals surface area contributed by atoms with Gasteiger partial charge in [-0.05, 0) is 38.5 Å². The third-order valence-corrected chi connectivity index (χ3v) is 3.39. The average molecular weight is 234 g/mol. The van der Waals surface area contributed by atoms with Gasteiger partial charge in [-0.1, -0.05) is 6.92 Å². The fourth-order valence-corrected chi connectivity index (χ4v) is 2.33. The second kappa shape index (κ2) is 5.84. The molecule has 0 aromatic carbocycles. The van der Waals surface area contributed by atoms with Gasteiger partial charge in [0.15, 0.2) is 0 Å². The second-order valence-electron chi connectivity index (χ2n) is 4.92. The van der Waals surface area contributed by atoms with Crippen molar-refractivity contribution < 1.29 is 0 Å². The minimum Gasteiger partial charge on any atom is -0.370 e. The molecular weight excluding hydrogens is 212 g/mol. The van der Waals surface area contributed by atoms with Gasteiger partial charge in [0.1, 0.15) is 18.0 Å². The van der Waals surface area contributed by atoms with E-state index in [4.69, 9.17) is 0 Å². The van der Waals surface area contributed by atoms with Crippen LogP contribution in [0.2, 0.25) is 0 Å². The van der Waals surface area contributed by atoms with Gasteiger partial charge >= 0.3 is 0 Å². The molecule has 0 aliphatic heterocycles. The minimum atomic E-state index is 0.579. The quantitative estimate of drug-likeness (QED) is 0.841. The van der Waals surface area contributed by atoms with E-state index in [9.17, 15) is 0 Å². The zero-order valence-corrected chi connectivity index (χ0v) is 10.7. The van der Waals surface area contributed by atoms with Crippen LogP contribution in [0.4, 0.5) is 11.6 Å². The Kier molecular flexibility index (Phi) is 4.18. The summed E-state index contributed by atoms with van der Waals surface area (Å²) in [5.74, 6) is 2.72. The summed E-state index contributed by atoms with van der Waals surface area (Å²) in [7, 11) is 0. The first-order chi connectivity index (χ1) is 8.28. The Morgan fingerprint density at radius 2 is 1.88 bits per heavy atom. The van der Waals surface area contributed by atoms with E-state index in [0.29, 0.717) is 6.04 Å². The summed E-state index contributed by atoms with van der Waals surface area (Å²) < 4.78 is 0. The van der Waals surface area contributed by atoms with Gasteiger partial charge in [0, 0.05) is 18.7 Å². The number of aromatic nitrogens is 2. The van der Waals surface area contributed by atoms with Crippen molar-refractivity contribution in [2.24, 2.45) is 5.92 Å². The highest BCUT2D eigenvalue weighted by Crippen LogP contribution is 2.25. The maximum atomic E-state index is 4.27. The molecule has 4 nitrogen and oxygen atoms in total. The fraction of sp³-hybridized carbons (Fsp3) is 0.692. The number of anilines is 2. The van der Waals surface area contributed by atoms with Gasteiger partial charge in [-0.3, -0.25) is 0 Å². The van der Waals surface area contributed by atoms with Gasteiger partial charge in [-0.15, -0.1) is 0 Å². The van der Waals surface area contributed by atoms with E-state index in [0.717, 1.165) is 24.1 Å². The standard InChI is InChI=1S/C13H22N4/c1-3-14-12-8-13(16-9-15-12)17-11-6-4-10(2)5-7-11/h8-11H,3-7H2,1-2H3,(H2,14,15,16,17). The van der Waals surface area contributed by atoms with Crippen molar-refractivity contribution in [1.82, 2.24) is 9.97 Å². The maximum Gasteiger partial charge on any atom is 0.131 e. The zero-order valence-electron chi connectivity index (χ0n) is 10.7. The van der Waals surface area contributed by atoms with Crippen LogP contribution in [0.1, 0.15) is 39.5 Å². The van der Waals surface area contributed by atoms with Crippen LogP contribution < -0.4 is 10.6 Å². The van der Waals surface area contributed by atoms with Crippen LogP contribution in [-0.2, 0) is 0 Å². The highest BCUT2D eigenvalue weighted by molar-refractivity contribution is 5.46. The van der Waals surface area contributed by atoms with Crippen molar-refractivity contribution in [3.8, 4) is 0 Å². The minimum absolute atomic E-state index is 0.579. The van der Waals surface area contributed by atoms with Gasteiger partial charge in [0.25, 0.3) is 0 Å². The highest BCUT2D eigenvalue weighted by Gasteiger charge is 2.18. The monoisotopic (exact) mass is 234 g/mol. The summed E-state index contributed by atoms with van der Waals surface area (Å²) in [4.78, 5) is 8.44. The summed E-state index contributed by atoms with van der Waals surface area (Å²) in [5.41, 5.74) is 0. The SMILES string of the molecule is CCNc1cc(NC2CCC(C)CC2)ncn1. The van der Waals surface area contributed by atoms with E-state index >= 15 is 0 Å². The third kappa shape index (κ3) is 3.58. The lowest BCUT2D eigenvalue weighted by molar-refractivity contribution is 0.361. The van der Waals surface area contributed by atoms with Crippen molar-refractivity contribution in [1.29, 1.82) is 0 Å². The molecular formula is C13H22N4. The van der Waals surface area contributed by atoms with E-state index < -0.39 is 0 Å². The molecule has 0 amide bonds. The van der Waals surface area contributed by atoms with E-state index in [1.54, 1.807) is 6.33 Å². The number of hydrogen-bond donors (Lipinski definition) is 2. The molecule has 1 fully saturated rings. The smallest absolute Gasteiger partial charge is 0.131 e. The van der Waals surface area contributed by atoms with Crippen LogP contribution in [0.25, 0.3) is 0 Å². The Bertz CT molecular complexity index is 345. The average Bonchev–Trinajstić information content (AvgIpc) is 2.33. The summed E-state index contributed by atoms with van der Waals surface area (Å²) in [6, 6.07) is 2.57. The summed E-state index contributed by atoms with van der Waals surface area (Å²) in [6.45, 7) is 5.29. The summed E-state index contributed by atoms with van der Waals surface area (Å²) >= 11 is 0. The molecule has 17 heavy (non-hydrogen) atoms. The first kappa shape index (κ1) is 12.1. The van der Waals surface area contributed by atoms with Crippen molar-refractivity contribution in [2.45, 2.75) is 45.6 Å². The molecule has 1 saturated carbocycles. The van der Waals surface area contributed by atoms with Crippen molar-refractivity contribution in [3.05, 3.63) is 12.4 Å². The zero-order chi connectivity index (χ0) is 12.1. The largest absolute Gasteiger partial charge is 0.370 e. The molecule has 0 bridgehead atoms. The topological polar surface area (TPSA) is 49.8 Å². The van der Waals surface area contributed by atoms with Crippen molar-refractivity contribution >= 4 is 11.6 Å². The molecule has 2 N–H and O–H groups in total. The predicted octanol–water partition coefficient (Wildman–Crippen LogP) is 2.90. The van der Waals surface area contributed by atoms with E-state index in [1.807, 2.05) is 6.07 Å². The molecule has 0 spiro atoms. The summed E-state index contributed by atoms with van der Waals surface area (Å²) in [5, 5.41) is 6.71.